The van der Waals surface area contributed by atoms with Gasteiger partial charge in [-0.2, -0.15) is 12.1 Å². The zero-order chi connectivity index (χ0) is 34.4. The van der Waals surface area contributed by atoms with Crippen molar-refractivity contribution < 1.29 is 30.5 Å². The molecule has 252 valence electrons. The quantitative estimate of drug-likeness (QED) is 0.156. The van der Waals surface area contributed by atoms with Crippen LogP contribution in [-0.4, -0.2) is 9.97 Å². The molecule has 8 aromatic rings. The Bertz CT molecular complexity index is 2520. The van der Waals surface area contributed by atoms with Gasteiger partial charge in [0.25, 0.3) is 0 Å². The fourth-order valence-electron chi connectivity index (χ4n) is 7.51. The summed E-state index contributed by atoms with van der Waals surface area (Å²) in [5.74, 6) is 2.71. The summed E-state index contributed by atoms with van der Waals surface area (Å²) in [7, 11) is 0. The van der Waals surface area contributed by atoms with Crippen LogP contribution >= 0.6 is 0 Å². The maximum absolute atomic E-state index is 6.77. The zero-order valence-electron chi connectivity index (χ0n) is 28.5. The van der Waals surface area contributed by atoms with E-state index in [0.29, 0.717) is 11.5 Å². The van der Waals surface area contributed by atoms with E-state index in [1.807, 2.05) is 85.2 Å². The Morgan fingerprint density at radius 2 is 1.27 bits per heavy atom. The summed E-state index contributed by atoms with van der Waals surface area (Å²) in [6.07, 6.45) is 3.76. The van der Waals surface area contributed by atoms with Gasteiger partial charge in [0.05, 0.1) is 11.1 Å². The molecule has 0 bridgehead atoms. The first-order valence-corrected chi connectivity index (χ1v) is 17.1. The number of para-hydroxylation sites is 2. The molecule has 0 N–H and O–H groups in total. The maximum Gasteiger partial charge on any atom is 2.00 e. The minimum atomic E-state index is -0.809. The van der Waals surface area contributed by atoms with E-state index in [-0.39, 0.29) is 21.1 Å². The van der Waals surface area contributed by atoms with Crippen LogP contribution in [-0.2, 0) is 26.5 Å². The van der Waals surface area contributed by atoms with E-state index in [4.69, 9.17) is 19.4 Å². The molecule has 0 saturated heterocycles. The molecule has 0 saturated carbocycles. The zero-order valence-corrected chi connectivity index (χ0v) is 30.8. The Labute approximate surface area is 318 Å². The second-order valence-corrected chi connectivity index (χ2v) is 12.9. The summed E-state index contributed by atoms with van der Waals surface area (Å²) in [6, 6.07) is 56.7. The molecule has 3 heterocycles. The Hall–Kier alpha value is -5.83. The van der Waals surface area contributed by atoms with Crippen molar-refractivity contribution in [1.82, 2.24) is 9.97 Å². The largest absolute Gasteiger partial charge is 2.00 e. The molecule has 6 aromatic carbocycles. The SMILES string of the molecule is Cc1cccc(C)c1-c1cc(Oc2[c-]c(C3(c4ccccn4)c4ccccc4Oc4ccccc43)ccc2)[c-]c(-c2cc3ccccc3cn2)c1.[Pt+2]. The van der Waals surface area contributed by atoms with E-state index in [1.54, 1.807) is 0 Å². The molecule has 0 amide bonds. The van der Waals surface area contributed by atoms with Crippen LogP contribution in [0.15, 0.2) is 158 Å². The molecule has 52 heavy (non-hydrogen) atoms. The van der Waals surface area contributed by atoms with Gasteiger partial charge in [-0.15, -0.1) is 29.3 Å². The molecular formula is C47H32N2O2Pt. The Morgan fingerprint density at radius 3 is 2.00 bits per heavy atom. The van der Waals surface area contributed by atoms with Gasteiger partial charge in [-0.1, -0.05) is 109 Å². The number of aryl methyl sites for hydroxylation is 2. The maximum atomic E-state index is 6.77. The fraction of sp³-hybridized carbons (Fsp3) is 0.0638. The van der Waals surface area contributed by atoms with Gasteiger partial charge >= 0.3 is 21.1 Å². The van der Waals surface area contributed by atoms with Crippen molar-refractivity contribution in [2.75, 3.05) is 0 Å². The van der Waals surface area contributed by atoms with E-state index in [1.165, 1.54) is 16.7 Å². The number of ether oxygens (including phenoxy) is 2. The van der Waals surface area contributed by atoms with Gasteiger partial charge in [0.15, 0.2) is 0 Å². The number of benzene rings is 6. The van der Waals surface area contributed by atoms with E-state index >= 15 is 0 Å². The molecule has 5 heteroatoms. The molecule has 0 radical (unpaired) electrons. The molecule has 2 aromatic heterocycles. The van der Waals surface area contributed by atoms with Crippen LogP contribution in [0.3, 0.4) is 0 Å². The number of rotatable bonds is 6. The number of nitrogens with zero attached hydrogens (tertiary/aromatic N) is 2. The number of pyridine rings is 2. The van der Waals surface area contributed by atoms with Crippen molar-refractivity contribution >= 4 is 10.8 Å². The first-order chi connectivity index (χ1) is 25.1. The third kappa shape index (κ3) is 5.70. The molecular weight excluding hydrogens is 820 g/mol. The van der Waals surface area contributed by atoms with Crippen LogP contribution in [0.5, 0.6) is 23.0 Å². The molecule has 9 rings (SSSR count). The van der Waals surface area contributed by atoms with E-state index in [9.17, 15) is 0 Å². The predicted octanol–water partition coefficient (Wildman–Crippen LogP) is 11.5. The first kappa shape index (κ1) is 33.3. The van der Waals surface area contributed by atoms with Crippen molar-refractivity contribution in [3.05, 3.63) is 204 Å². The molecule has 4 nitrogen and oxygen atoms in total. The number of hydrogen-bond acceptors (Lipinski definition) is 4. The van der Waals surface area contributed by atoms with Crippen molar-refractivity contribution in [2.24, 2.45) is 0 Å². The van der Waals surface area contributed by atoms with Crippen molar-refractivity contribution in [2.45, 2.75) is 19.3 Å². The summed E-state index contributed by atoms with van der Waals surface area (Å²) in [5.41, 5.74) is 9.19. The molecule has 1 aliphatic rings. The van der Waals surface area contributed by atoms with Gasteiger partial charge in [-0.3, -0.25) is 4.98 Å². The molecule has 0 unspecified atom stereocenters. The van der Waals surface area contributed by atoms with Crippen LogP contribution in [0, 0.1) is 26.0 Å². The molecule has 0 spiro atoms. The number of hydrogen-bond donors (Lipinski definition) is 0. The number of aromatic nitrogens is 2. The van der Waals surface area contributed by atoms with E-state index < -0.39 is 5.41 Å². The fourth-order valence-corrected chi connectivity index (χ4v) is 7.51. The third-order valence-electron chi connectivity index (χ3n) is 9.76. The van der Waals surface area contributed by atoms with Gasteiger partial charge in [-0.25, -0.2) is 0 Å². The Kier molecular flexibility index (Phi) is 8.79. The predicted molar refractivity (Wildman–Crippen MR) is 202 cm³/mol. The second kappa shape index (κ2) is 13.7. The minimum Gasteiger partial charge on any atom is -0.503 e. The van der Waals surface area contributed by atoms with Crippen LogP contribution in [0.2, 0.25) is 0 Å². The van der Waals surface area contributed by atoms with Crippen LogP contribution in [0.1, 0.15) is 33.5 Å². The van der Waals surface area contributed by atoms with Crippen molar-refractivity contribution in [3.63, 3.8) is 0 Å². The Morgan fingerprint density at radius 1 is 0.596 bits per heavy atom. The third-order valence-corrected chi connectivity index (χ3v) is 9.76. The van der Waals surface area contributed by atoms with Gasteiger partial charge in [0.1, 0.15) is 11.5 Å². The van der Waals surface area contributed by atoms with Gasteiger partial charge in [0.2, 0.25) is 0 Å². The number of fused-ring (bicyclic) bond motifs is 3. The van der Waals surface area contributed by atoms with Gasteiger partial charge in [0, 0.05) is 35.0 Å². The smallest absolute Gasteiger partial charge is 0.503 e. The molecule has 0 fully saturated rings. The topological polar surface area (TPSA) is 44.2 Å². The van der Waals surface area contributed by atoms with Gasteiger partial charge in [-0.05, 0) is 71.3 Å². The van der Waals surface area contributed by atoms with Crippen LogP contribution in [0.25, 0.3) is 33.2 Å². The molecule has 0 aliphatic carbocycles. The summed E-state index contributed by atoms with van der Waals surface area (Å²) in [5, 5.41) is 2.21. The summed E-state index contributed by atoms with van der Waals surface area (Å²) in [4.78, 5) is 9.81. The molecule has 0 atom stereocenters. The summed E-state index contributed by atoms with van der Waals surface area (Å²) >= 11 is 0. The van der Waals surface area contributed by atoms with Crippen LogP contribution < -0.4 is 9.47 Å². The van der Waals surface area contributed by atoms with Crippen molar-refractivity contribution in [1.29, 1.82) is 0 Å². The van der Waals surface area contributed by atoms with Crippen molar-refractivity contribution in [3.8, 4) is 45.4 Å². The molecule has 1 aliphatic heterocycles. The van der Waals surface area contributed by atoms with Crippen LogP contribution in [0.4, 0.5) is 0 Å². The average molecular weight is 852 g/mol. The monoisotopic (exact) mass is 851 g/mol. The summed E-state index contributed by atoms with van der Waals surface area (Å²) < 4.78 is 13.2. The Balaban J connectivity index is 0.00000387. The minimum absolute atomic E-state index is 0. The average Bonchev–Trinajstić information content (AvgIpc) is 3.17. The second-order valence-electron chi connectivity index (χ2n) is 12.9. The standard InChI is InChI=1S/C47H32N2O2.Pt/c1-31-13-11-14-32(2)46(31)36-25-35(42-28-33-15-3-4-16-34(33)30-49-42)26-39(27-36)50-38-18-12-17-37(29-38)47(45-23-9-10-24-48-45)40-19-5-7-21-43(40)51-44-22-8-6-20-41(44)47;/h3-25,27-28,30H,1-2H3;/q-2;+2. The van der Waals surface area contributed by atoms with E-state index in [2.05, 4.69) is 98.8 Å². The van der Waals surface area contributed by atoms with Gasteiger partial charge < -0.3 is 14.5 Å². The van der Waals surface area contributed by atoms with E-state index in [0.717, 1.165) is 61.5 Å². The normalized spacial score (nSPS) is 12.6. The first-order valence-electron chi connectivity index (χ1n) is 17.1. The summed E-state index contributed by atoms with van der Waals surface area (Å²) in [6.45, 7) is 4.29.